The van der Waals surface area contributed by atoms with E-state index in [1.54, 1.807) is 0 Å². The van der Waals surface area contributed by atoms with Gasteiger partial charge in [0.1, 0.15) is 18.8 Å². The number of esters is 1. The fraction of sp³-hybridized carbons (Fsp3) is 0.864. The van der Waals surface area contributed by atoms with Crippen molar-refractivity contribution in [3.63, 3.8) is 0 Å². The number of carbonyl (C=O) groups excluding carboxylic acids is 1. The van der Waals surface area contributed by atoms with Crippen molar-refractivity contribution in [2.45, 2.75) is 96.2 Å². The summed E-state index contributed by atoms with van der Waals surface area (Å²) in [7, 11) is -4.48. The van der Waals surface area contributed by atoms with Crippen LogP contribution in [0.2, 0.25) is 0 Å². The summed E-state index contributed by atoms with van der Waals surface area (Å²) in [6.45, 7) is 0.0561. The second-order valence-corrected chi connectivity index (χ2v) is 9.31. The molecule has 0 aromatic rings. The summed E-state index contributed by atoms with van der Waals surface area (Å²) in [5, 5.41) is 27.4. The Morgan fingerprint density at radius 2 is 1.38 bits per heavy atom. The number of phosphoric ester groups is 1. The van der Waals surface area contributed by atoms with Crippen LogP contribution in [0.15, 0.2) is 12.2 Å². The molecule has 0 amide bonds. The van der Waals surface area contributed by atoms with Crippen molar-refractivity contribution in [2.24, 2.45) is 0 Å². The van der Waals surface area contributed by atoms with Crippen LogP contribution in [-0.2, 0) is 23.1 Å². The highest BCUT2D eigenvalue weighted by Crippen LogP contribution is 2.43. The smallest absolute Gasteiger partial charge is 0.463 e. The van der Waals surface area contributed by atoms with E-state index in [2.05, 4.69) is 28.1 Å². The number of allylic oxidation sites excluding steroid dienone is 2. The second kappa shape index (κ2) is 20.8. The molecule has 32 heavy (non-hydrogen) atoms. The zero-order valence-electron chi connectivity index (χ0n) is 19.4. The number of phosphoric acid groups is 1. The number of aliphatic hydroxyl groups excluding tert-OH is 3. The number of rotatable bonds is 22. The molecule has 0 aliphatic heterocycles. The second-order valence-electron chi connectivity index (χ2n) is 7.86. The van der Waals surface area contributed by atoms with E-state index >= 15 is 0 Å². The zero-order valence-corrected chi connectivity index (χ0v) is 20.3. The van der Waals surface area contributed by atoms with Gasteiger partial charge in [-0.05, 0) is 32.1 Å². The number of aliphatic hydroxyl groups is 3. The third-order valence-electron chi connectivity index (χ3n) is 4.65. The standard InChI is InChI=1S/C22H43O9P/c1-2-3-4-5-6-7-8-9-10-11-12-13-14-15-22(26)29-17-21(25)19-31-32(27,28)30-18-20(24)16-23/h7-8,20-21,23-25H,2-6,9-19H2,1H3,(H,27,28)/b8-7-. The monoisotopic (exact) mass is 482 g/mol. The molecule has 0 heterocycles. The summed E-state index contributed by atoms with van der Waals surface area (Å²) in [6.07, 6.45) is 14.6. The van der Waals surface area contributed by atoms with Crippen LogP contribution in [0.25, 0.3) is 0 Å². The Morgan fingerprint density at radius 3 is 1.97 bits per heavy atom. The van der Waals surface area contributed by atoms with Gasteiger partial charge in [0.25, 0.3) is 0 Å². The van der Waals surface area contributed by atoms with Crippen LogP contribution in [0.5, 0.6) is 0 Å². The van der Waals surface area contributed by atoms with E-state index in [4.69, 9.17) is 14.9 Å². The molecule has 0 radical (unpaired) electrons. The van der Waals surface area contributed by atoms with Crippen molar-refractivity contribution in [1.29, 1.82) is 0 Å². The summed E-state index contributed by atoms with van der Waals surface area (Å²) in [4.78, 5) is 21.1. The number of ether oxygens (including phenoxy) is 1. The maximum atomic E-state index is 11.7. The Bertz CT molecular complexity index is 528. The molecule has 0 aliphatic carbocycles. The number of carbonyl (C=O) groups is 1. The van der Waals surface area contributed by atoms with Gasteiger partial charge in [0.15, 0.2) is 0 Å². The average Bonchev–Trinajstić information content (AvgIpc) is 2.77. The van der Waals surface area contributed by atoms with E-state index in [0.29, 0.717) is 6.42 Å². The molecule has 0 bridgehead atoms. The minimum absolute atomic E-state index is 0.256. The van der Waals surface area contributed by atoms with Crippen LogP contribution in [-0.4, -0.2) is 64.8 Å². The lowest BCUT2D eigenvalue weighted by Gasteiger charge is -2.16. The average molecular weight is 483 g/mol. The number of hydrogen-bond donors (Lipinski definition) is 4. The molecule has 0 rings (SSSR count). The lowest BCUT2D eigenvalue weighted by molar-refractivity contribution is -0.147. The fourth-order valence-corrected chi connectivity index (χ4v) is 3.54. The van der Waals surface area contributed by atoms with E-state index in [-0.39, 0.29) is 13.0 Å². The summed E-state index contributed by atoms with van der Waals surface area (Å²) in [5.41, 5.74) is 0. The van der Waals surface area contributed by atoms with Gasteiger partial charge >= 0.3 is 13.8 Å². The minimum Gasteiger partial charge on any atom is -0.463 e. The molecule has 0 saturated heterocycles. The third-order valence-corrected chi connectivity index (χ3v) is 5.60. The van der Waals surface area contributed by atoms with Crippen LogP contribution in [0, 0.1) is 0 Å². The van der Waals surface area contributed by atoms with E-state index in [1.807, 2.05) is 0 Å². The van der Waals surface area contributed by atoms with Gasteiger partial charge in [-0.3, -0.25) is 13.8 Å². The van der Waals surface area contributed by atoms with Gasteiger partial charge in [-0.15, -0.1) is 0 Å². The molecule has 3 atom stereocenters. The Morgan fingerprint density at radius 1 is 0.844 bits per heavy atom. The topological polar surface area (TPSA) is 143 Å². The summed E-state index contributed by atoms with van der Waals surface area (Å²) >= 11 is 0. The van der Waals surface area contributed by atoms with Crippen molar-refractivity contribution in [3.8, 4) is 0 Å². The molecule has 4 N–H and O–H groups in total. The normalized spacial score (nSPS) is 15.5. The largest absolute Gasteiger partial charge is 0.472 e. The summed E-state index contributed by atoms with van der Waals surface area (Å²) in [6, 6.07) is 0. The highest BCUT2D eigenvalue weighted by Gasteiger charge is 2.24. The third kappa shape index (κ3) is 21.1. The maximum Gasteiger partial charge on any atom is 0.472 e. The van der Waals surface area contributed by atoms with Crippen LogP contribution < -0.4 is 0 Å². The van der Waals surface area contributed by atoms with E-state index in [9.17, 15) is 19.4 Å². The van der Waals surface area contributed by atoms with Gasteiger partial charge in [0, 0.05) is 6.42 Å². The van der Waals surface area contributed by atoms with Crippen molar-refractivity contribution in [2.75, 3.05) is 26.4 Å². The molecule has 10 heteroatoms. The van der Waals surface area contributed by atoms with Crippen molar-refractivity contribution in [3.05, 3.63) is 12.2 Å². The van der Waals surface area contributed by atoms with Crippen LogP contribution in [0.4, 0.5) is 0 Å². The molecule has 0 fully saturated rings. The van der Waals surface area contributed by atoms with Gasteiger partial charge in [-0.25, -0.2) is 4.57 Å². The van der Waals surface area contributed by atoms with E-state index in [0.717, 1.165) is 32.1 Å². The molecule has 0 spiro atoms. The first-order valence-electron chi connectivity index (χ1n) is 11.7. The predicted molar refractivity (Wildman–Crippen MR) is 122 cm³/mol. The molecule has 0 saturated carbocycles. The molecule has 3 unspecified atom stereocenters. The van der Waals surface area contributed by atoms with E-state index in [1.165, 1.54) is 32.1 Å². The van der Waals surface area contributed by atoms with Gasteiger partial charge in [-0.1, -0.05) is 57.6 Å². The lowest BCUT2D eigenvalue weighted by Crippen LogP contribution is -2.24. The Balaban J connectivity index is 3.61. The van der Waals surface area contributed by atoms with Gasteiger partial charge < -0.3 is 24.9 Å². The Hall–Kier alpha value is -0.800. The van der Waals surface area contributed by atoms with Crippen molar-refractivity contribution < 1.29 is 43.4 Å². The molecule has 0 aromatic heterocycles. The molecule has 0 aromatic carbocycles. The lowest BCUT2D eigenvalue weighted by atomic mass is 10.1. The quantitative estimate of drug-likeness (QED) is 0.0787. The van der Waals surface area contributed by atoms with Crippen LogP contribution >= 0.6 is 7.82 Å². The summed E-state index contributed by atoms with van der Waals surface area (Å²) < 4.78 is 25.4. The zero-order chi connectivity index (χ0) is 24.1. The molecule has 190 valence electrons. The number of hydrogen-bond acceptors (Lipinski definition) is 8. The molecular formula is C22H43O9P. The highest BCUT2D eigenvalue weighted by molar-refractivity contribution is 7.47. The minimum atomic E-state index is -4.48. The predicted octanol–water partition coefficient (Wildman–Crippen LogP) is 3.63. The molecular weight excluding hydrogens is 439 g/mol. The van der Waals surface area contributed by atoms with Gasteiger partial charge in [0.2, 0.25) is 0 Å². The fourth-order valence-electron chi connectivity index (χ4n) is 2.75. The number of unbranched alkanes of at least 4 members (excludes halogenated alkanes) is 9. The first-order chi connectivity index (χ1) is 15.3. The maximum absolute atomic E-state index is 11.7. The Kier molecular flexibility index (Phi) is 20.3. The van der Waals surface area contributed by atoms with Crippen LogP contribution in [0.1, 0.15) is 84.0 Å². The van der Waals surface area contributed by atoms with Crippen molar-refractivity contribution >= 4 is 13.8 Å². The first kappa shape index (κ1) is 31.2. The molecule has 0 aliphatic rings. The van der Waals surface area contributed by atoms with Crippen LogP contribution in [0.3, 0.4) is 0 Å². The van der Waals surface area contributed by atoms with E-state index < -0.39 is 45.8 Å². The van der Waals surface area contributed by atoms with Gasteiger partial charge in [0.05, 0.1) is 19.8 Å². The molecule has 9 nitrogen and oxygen atoms in total. The SMILES string of the molecule is CCCCCC/C=C\CCCCCCCC(=O)OCC(O)COP(=O)(O)OCC(O)CO. The Labute approximate surface area is 192 Å². The van der Waals surface area contributed by atoms with Crippen molar-refractivity contribution in [1.82, 2.24) is 0 Å². The highest BCUT2D eigenvalue weighted by atomic mass is 31.2. The first-order valence-corrected chi connectivity index (χ1v) is 13.2. The summed E-state index contributed by atoms with van der Waals surface area (Å²) in [5.74, 6) is -0.440. The van der Waals surface area contributed by atoms with Gasteiger partial charge in [-0.2, -0.15) is 0 Å².